The van der Waals surface area contributed by atoms with Gasteiger partial charge in [0.1, 0.15) is 0 Å². The van der Waals surface area contributed by atoms with E-state index >= 15 is 0 Å². The summed E-state index contributed by atoms with van der Waals surface area (Å²) in [4.78, 5) is 14.2. The van der Waals surface area contributed by atoms with Crippen molar-refractivity contribution in [3.8, 4) is 0 Å². The van der Waals surface area contributed by atoms with Crippen LogP contribution in [0.4, 0.5) is 5.69 Å². The van der Waals surface area contributed by atoms with Crippen LogP contribution in [0.15, 0.2) is 24.3 Å². The number of carbonyl (C=O) groups is 1. The molecule has 1 aromatic carbocycles. The normalized spacial score (nSPS) is 14.5. The molecule has 110 valence electrons. The van der Waals surface area contributed by atoms with E-state index in [0.29, 0.717) is 6.42 Å². The average molecular weight is 275 g/mol. The van der Waals surface area contributed by atoms with Gasteiger partial charge in [0.05, 0.1) is 0 Å². The third kappa shape index (κ3) is 4.85. The lowest BCUT2D eigenvalue weighted by Crippen LogP contribution is -2.36. The van der Waals surface area contributed by atoms with Crippen molar-refractivity contribution in [3.05, 3.63) is 29.8 Å². The summed E-state index contributed by atoms with van der Waals surface area (Å²) in [7, 11) is 0. The van der Waals surface area contributed by atoms with Crippen LogP contribution in [-0.4, -0.2) is 36.5 Å². The summed E-state index contributed by atoms with van der Waals surface area (Å²) in [6.45, 7) is 4.98. The quantitative estimate of drug-likeness (QED) is 0.711. The lowest BCUT2D eigenvalue weighted by atomic mass is 10.1. The van der Waals surface area contributed by atoms with Crippen molar-refractivity contribution in [2.45, 2.75) is 38.6 Å². The minimum absolute atomic E-state index is 0.133. The Morgan fingerprint density at radius 1 is 1.35 bits per heavy atom. The number of hydrogen-bond donors (Lipinski definition) is 2. The van der Waals surface area contributed by atoms with E-state index in [1.807, 2.05) is 24.3 Å². The molecule has 1 amide bonds. The zero-order chi connectivity index (χ0) is 14.4. The van der Waals surface area contributed by atoms with Crippen molar-refractivity contribution >= 4 is 11.6 Å². The number of likely N-dealkylation sites (N-methyl/N-ethyl adjacent to an activating group) is 1. The van der Waals surface area contributed by atoms with Crippen molar-refractivity contribution in [1.29, 1.82) is 0 Å². The molecule has 4 nitrogen and oxygen atoms in total. The molecule has 0 heterocycles. The van der Waals surface area contributed by atoms with Gasteiger partial charge in [0.2, 0.25) is 5.91 Å². The SMILES string of the molecule is CCN(CCNC(=O)CCc1ccc(N)cc1)C1CC1. The molecule has 0 aliphatic heterocycles. The molecule has 1 fully saturated rings. The van der Waals surface area contributed by atoms with E-state index in [1.54, 1.807) is 0 Å². The minimum atomic E-state index is 0.133. The Balaban J connectivity index is 1.61. The number of nitrogens with zero attached hydrogens (tertiary/aromatic N) is 1. The van der Waals surface area contributed by atoms with E-state index in [4.69, 9.17) is 5.73 Å². The first-order valence-electron chi connectivity index (χ1n) is 7.54. The monoisotopic (exact) mass is 275 g/mol. The fraction of sp³-hybridized carbons (Fsp3) is 0.562. The number of nitrogens with two attached hydrogens (primary N) is 1. The molecule has 4 heteroatoms. The second-order valence-electron chi connectivity index (χ2n) is 5.45. The number of rotatable bonds is 8. The Bertz CT molecular complexity index is 426. The third-order valence-electron chi connectivity index (χ3n) is 3.81. The lowest BCUT2D eigenvalue weighted by Gasteiger charge is -2.19. The number of carbonyl (C=O) groups excluding carboxylic acids is 1. The summed E-state index contributed by atoms with van der Waals surface area (Å²) >= 11 is 0. The summed E-state index contributed by atoms with van der Waals surface area (Å²) in [5.41, 5.74) is 7.55. The van der Waals surface area contributed by atoms with Crippen LogP contribution < -0.4 is 11.1 Å². The number of hydrogen-bond acceptors (Lipinski definition) is 3. The average Bonchev–Trinajstić information content (AvgIpc) is 3.27. The van der Waals surface area contributed by atoms with Crippen LogP contribution in [0, 0.1) is 0 Å². The second-order valence-corrected chi connectivity index (χ2v) is 5.45. The Kier molecular flexibility index (Phi) is 5.41. The van der Waals surface area contributed by atoms with Crippen LogP contribution in [-0.2, 0) is 11.2 Å². The topological polar surface area (TPSA) is 58.4 Å². The molecule has 0 spiro atoms. The summed E-state index contributed by atoms with van der Waals surface area (Å²) in [6, 6.07) is 8.49. The van der Waals surface area contributed by atoms with Crippen LogP contribution in [0.3, 0.4) is 0 Å². The highest BCUT2D eigenvalue weighted by molar-refractivity contribution is 5.76. The van der Waals surface area contributed by atoms with Crippen molar-refractivity contribution in [1.82, 2.24) is 10.2 Å². The second kappa shape index (κ2) is 7.29. The molecule has 1 aliphatic rings. The highest BCUT2D eigenvalue weighted by Crippen LogP contribution is 2.25. The first-order valence-corrected chi connectivity index (χ1v) is 7.54. The third-order valence-corrected chi connectivity index (χ3v) is 3.81. The molecule has 0 radical (unpaired) electrons. The van der Waals surface area contributed by atoms with E-state index in [0.717, 1.165) is 43.3 Å². The molecule has 20 heavy (non-hydrogen) atoms. The van der Waals surface area contributed by atoms with Crippen LogP contribution in [0.2, 0.25) is 0 Å². The predicted octanol–water partition coefficient (Wildman–Crippen LogP) is 1.80. The summed E-state index contributed by atoms with van der Waals surface area (Å²) < 4.78 is 0. The molecule has 1 saturated carbocycles. The van der Waals surface area contributed by atoms with Crippen LogP contribution >= 0.6 is 0 Å². The highest BCUT2D eigenvalue weighted by Gasteiger charge is 2.27. The van der Waals surface area contributed by atoms with E-state index in [2.05, 4.69) is 17.1 Å². The summed E-state index contributed by atoms with van der Waals surface area (Å²) in [5, 5.41) is 3.01. The van der Waals surface area contributed by atoms with Gasteiger partial charge in [0.15, 0.2) is 0 Å². The maximum absolute atomic E-state index is 11.8. The molecular weight excluding hydrogens is 250 g/mol. The Morgan fingerprint density at radius 2 is 2.05 bits per heavy atom. The molecule has 2 rings (SSSR count). The zero-order valence-corrected chi connectivity index (χ0v) is 12.3. The van der Waals surface area contributed by atoms with Crippen molar-refractivity contribution in [3.63, 3.8) is 0 Å². The molecule has 0 saturated heterocycles. The molecule has 1 aliphatic carbocycles. The molecule has 0 atom stereocenters. The van der Waals surface area contributed by atoms with E-state index in [1.165, 1.54) is 12.8 Å². The van der Waals surface area contributed by atoms with Gasteiger partial charge in [-0.15, -0.1) is 0 Å². The van der Waals surface area contributed by atoms with Gasteiger partial charge in [-0.2, -0.15) is 0 Å². The molecule has 0 aromatic heterocycles. The largest absolute Gasteiger partial charge is 0.399 e. The van der Waals surface area contributed by atoms with Gasteiger partial charge in [0, 0.05) is 31.2 Å². The van der Waals surface area contributed by atoms with Gasteiger partial charge >= 0.3 is 0 Å². The van der Waals surface area contributed by atoms with Crippen LogP contribution in [0.1, 0.15) is 31.7 Å². The van der Waals surface area contributed by atoms with Crippen LogP contribution in [0.5, 0.6) is 0 Å². The molecule has 0 unspecified atom stereocenters. The van der Waals surface area contributed by atoms with Gasteiger partial charge in [-0.1, -0.05) is 19.1 Å². The Morgan fingerprint density at radius 3 is 2.65 bits per heavy atom. The first kappa shape index (κ1) is 14.9. The summed E-state index contributed by atoms with van der Waals surface area (Å²) in [5.74, 6) is 0.133. The fourth-order valence-corrected chi connectivity index (χ4v) is 2.41. The van der Waals surface area contributed by atoms with Crippen molar-refractivity contribution in [2.75, 3.05) is 25.4 Å². The minimum Gasteiger partial charge on any atom is -0.399 e. The van der Waals surface area contributed by atoms with Gasteiger partial charge in [-0.25, -0.2) is 0 Å². The first-order chi connectivity index (χ1) is 9.69. The van der Waals surface area contributed by atoms with Gasteiger partial charge < -0.3 is 11.1 Å². The predicted molar refractivity (Wildman–Crippen MR) is 82.5 cm³/mol. The van der Waals surface area contributed by atoms with Gasteiger partial charge in [-0.3, -0.25) is 9.69 Å². The number of nitrogen functional groups attached to an aromatic ring is 1. The molecule has 1 aromatic rings. The smallest absolute Gasteiger partial charge is 0.220 e. The molecule has 0 bridgehead atoms. The highest BCUT2D eigenvalue weighted by atomic mass is 16.1. The molecular formula is C16H25N3O. The fourth-order valence-electron chi connectivity index (χ4n) is 2.41. The Labute approximate surface area is 121 Å². The van der Waals surface area contributed by atoms with Crippen LogP contribution in [0.25, 0.3) is 0 Å². The number of benzene rings is 1. The van der Waals surface area contributed by atoms with E-state index in [-0.39, 0.29) is 5.91 Å². The zero-order valence-electron chi connectivity index (χ0n) is 12.3. The molecule has 3 N–H and O–H groups in total. The van der Waals surface area contributed by atoms with Gasteiger partial charge in [-0.05, 0) is 43.5 Å². The number of aryl methyl sites for hydroxylation is 1. The number of anilines is 1. The lowest BCUT2D eigenvalue weighted by molar-refractivity contribution is -0.121. The van der Waals surface area contributed by atoms with E-state index < -0.39 is 0 Å². The van der Waals surface area contributed by atoms with E-state index in [9.17, 15) is 4.79 Å². The standard InChI is InChI=1S/C16H25N3O/c1-2-19(15-8-9-15)12-11-18-16(20)10-5-13-3-6-14(17)7-4-13/h3-4,6-7,15H,2,5,8-12,17H2,1H3,(H,18,20). The maximum atomic E-state index is 11.8. The Hall–Kier alpha value is -1.55. The number of amides is 1. The number of nitrogens with one attached hydrogen (secondary N) is 1. The van der Waals surface area contributed by atoms with Crippen molar-refractivity contribution in [2.24, 2.45) is 0 Å². The van der Waals surface area contributed by atoms with Crippen molar-refractivity contribution < 1.29 is 4.79 Å². The van der Waals surface area contributed by atoms with Gasteiger partial charge in [0.25, 0.3) is 0 Å². The summed E-state index contributed by atoms with van der Waals surface area (Å²) in [6.07, 6.45) is 3.95. The maximum Gasteiger partial charge on any atom is 0.220 e.